The third kappa shape index (κ3) is 3.76. The lowest BCUT2D eigenvalue weighted by atomic mass is 9.62. The molecule has 0 aliphatic heterocycles. The lowest BCUT2D eigenvalue weighted by molar-refractivity contribution is -0.274. The standard InChI is InChI=1S/C24H21F4NO5/c1-12-20(23(2,22(32)33)14-4-3-5-14)16-10-19(30)17(25)11-18(16)29(12)21(31)13-6-8-15(9-7-13)34-24(26,27)28/h6-11,14,30H,3-5H2,1-2H3,(H,32,33)/t23-/m1/s1. The van der Waals surface area contributed by atoms with E-state index in [1.807, 2.05) is 0 Å². The number of benzene rings is 2. The molecule has 2 aromatic carbocycles. The van der Waals surface area contributed by atoms with Crippen LogP contribution in [0, 0.1) is 18.7 Å². The maximum atomic E-state index is 14.3. The number of aliphatic carboxylic acids is 1. The second-order valence-electron chi connectivity index (χ2n) is 8.63. The molecule has 34 heavy (non-hydrogen) atoms. The number of alkyl halides is 3. The van der Waals surface area contributed by atoms with Crippen LogP contribution in [0.4, 0.5) is 17.6 Å². The number of hydrogen-bond acceptors (Lipinski definition) is 4. The van der Waals surface area contributed by atoms with Crippen LogP contribution in [0.5, 0.6) is 11.5 Å². The Labute approximate surface area is 191 Å². The first-order valence-electron chi connectivity index (χ1n) is 10.5. The number of carboxylic acid groups (broad SMARTS) is 1. The van der Waals surface area contributed by atoms with E-state index in [2.05, 4.69) is 4.74 Å². The van der Waals surface area contributed by atoms with E-state index in [0.717, 1.165) is 47.4 Å². The Morgan fingerprint density at radius 1 is 1.12 bits per heavy atom. The summed E-state index contributed by atoms with van der Waals surface area (Å²) >= 11 is 0. The Balaban J connectivity index is 1.90. The number of ether oxygens (including phenoxy) is 1. The molecule has 1 aromatic heterocycles. The Bertz CT molecular complexity index is 1290. The van der Waals surface area contributed by atoms with E-state index in [4.69, 9.17) is 0 Å². The van der Waals surface area contributed by atoms with E-state index < -0.39 is 41.0 Å². The first-order chi connectivity index (χ1) is 15.8. The SMILES string of the molecule is Cc1c([C@](C)(C(=O)O)C2CCC2)c2cc(O)c(F)cc2n1C(=O)c1ccc(OC(F)(F)F)cc1. The molecule has 4 rings (SSSR count). The lowest BCUT2D eigenvalue weighted by Crippen LogP contribution is -2.44. The highest BCUT2D eigenvalue weighted by Crippen LogP contribution is 2.49. The van der Waals surface area contributed by atoms with Gasteiger partial charge in [0.05, 0.1) is 10.9 Å². The van der Waals surface area contributed by atoms with E-state index in [0.29, 0.717) is 18.4 Å². The second-order valence-corrected chi connectivity index (χ2v) is 8.63. The molecule has 1 aliphatic carbocycles. The van der Waals surface area contributed by atoms with Crippen LogP contribution in [-0.4, -0.2) is 33.0 Å². The van der Waals surface area contributed by atoms with Gasteiger partial charge >= 0.3 is 12.3 Å². The number of halogens is 4. The number of rotatable bonds is 5. The molecule has 3 aromatic rings. The zero-order chi connectivity index (χ0) is 25.0. The van der Waals surface area contributed by atoms with E-state index in [-0.39, 0.29) is 28.1 Å². The molecule has 10 heteroatoms. The van der Waals surface area contributed by atoms with Crippen molar-refractivity contribution in [3.05, 3.63) is 59.0 Å². The van der Waals surface area contributed by atoms with Gasteiger partial charge in [0.25, 0.3) is 5.91 Å². The minimum atomic E-state index is -4.89. The quantitative estimate of drug-likeness (QED) is 0.470. The summed E-state index contributed by atoms with van der Waals surface area (Å²) in [5.41, 5.74) is -0.830. The normalized spacial score (nSPS) is 16.2. The summed E-state index contributed by atoms with van der Waals surface area (Å²) in [6.07, 6.45) is -2.71. The maximum absolute atomic E-state index is 14.3. The number of phenols is 1. The first kappa shape index (κ1) is 23.6. The molecule has 0 spiro atoms. The van der Waals surface area contributed by atoms with Gasteiger partial charge in [0.2, 0.25) is 0 Å². The highest BCUT2D eigenvalue weighted by atomic mass is 19.4. The number of aromatic hydroxyl groups is 1. The van der Waals surface area contributed by atoms with Crippen molar-refractivity contribution in [2.24, 2.45) is 5.92 Å². The van der Waals surface area contributed by atoms with Crippen LogP contribution in [0.3, 0.4) is 0 Å². The van der Waals surface area contributed by atoms with Gasteiger partial charge in [-0.05, 0) is 68.5 Å². The number of carboxylic acids is 1. The van der Waals surface area contributed by atoms with Crippen LogP contribution in [0.1, 0.15) is 47.8 Å². The van der Waals surface area contributed by atoms with E-state index in [1.54, 1.807) is 6.92 Å². The molecule has 6 nitrogen and oxygen atoms in total. The summed E-state index contributed by atoms with van der Waals surface area (Å²) in [6, 6.07) is 6.27. The van der Waals surface area contributed by atoms with Gasteiger partial charge in [-0.15, -0.1) is 13.2 Å². The molecule has 1 aliphatic rings. The van der Waals surface area contributed by atoms with Crippen LogP contribution in [-0.2, 0) is 10.2 Å². The number of carbonyl (C=O) groups is 2. The van der Waals surface area contributed by atoms with Crippen molar-refractivity contribution < 1.29 is 42.1 Å². The fourth-order valence-corrected chi connectivity index (χ4v) is 4.74. The number of carbonyl (C=O) groups excluding carboxylic acids is 1. The number of fused-ring (bicyclic) bond motifs is 1. The van der Waals surface area contributed by atoms with Gasteiger partial charge in [0.1, 0.15) is 5.75 Å². The average Bonchev–Trinajstić information content (AvgIpc) is 2.96. The molecule has 0 amide bonds. The minimum absolute atomic E-state index is 0.0183. The number of aromatic nitrogens is 1. The molecule has 0 radical (unpaired) electrons. The van der Waals surface area contributed by atoms with Gasteiger partial charge in [-0.3, -0.25) is 14.2 Å². The van der Waals surface area contributed by atoms with Gasteiger partial charge < -0.3 is 14.9 Å². The van der Waals surface area contributed by atoms with Gasteiger partial charge in [0.15, 0.2) is 11.6 Å². The van der Waals surface area contributed by atoms with Crippen LogP contribution >= 0.6 is 0 Å². The molecule has 1 atom stereocenters. The highest BCUT2D eigenvalue weighted by molar-refractivity contribution is 6.06. The number of phenolic OH excluding ortho intramolecular Hbond substituents is 1. The molecule has 1 heterocycles. The van der Waals surface area contributed by atoms with Crippen molar-refractivity contribution in [1.29, 1.82) is 0 Å². The molecule has 2 N–H and O–H groups in total. The molecule has 1 fully saturated rings. The van der Waals surface area contributed by atoms with Crippen molar-refractivity contribution in [3.63, 3.8) is 0 Å². The maximum Gasteiger partial charge on any atom is 0.573 e. The summed E-state index contributed by atoms with van der Waals surface area (Å²) in [5, 5.41) is 20.4. The zero-order valence-electron chi connectivity index (χ0n) is 18.2. The Morgan fingerprint density at radius 2 is 1.74 bits per heavy atom. The Hall–Kier alpha value is -3.56. The highest BCUT2D eigenvalue weighted by Gasteiger charge is 2.48. The van der Waals surface area contributed by atoms with Crippen molar-refractivity contribution in [3.8, 4) is 11.5 Å². The first-order valence-corrected chi connectivity index (χ1v) is 10.5. The van der Waals surface area contributed by atoms with Crippen molar-refractivity contribution in [2.45, 2.75) is 44.9 Å². The summed E-state index contributed by atoms with van der Waals surface area (Å²) in [5.74, 6) is -4.22. The topological polar surface area (TPSA) is 88.8 Å². The van der Waals surface area contributed by atoms with Crippen LogP contribution < -0.4 is 4.74 Å². The lowest BCUT2D eigenvalue weighted by Gasteiger charge is -2.40. The van der Waals surface area contributed by atoms with E-state index in [9.17, 15) is 37.4 Å². The van der Waals surface area contributed by atoms with Gasteiger partial charge in [-0.2, -0.15) is 0 Å². The third-order valence-corrected chi connectivity index (χ3v) is 6.70. The fourth-order valence-electron chi connectivity index (χ4n) is 4.74. The molecule has 0 bridgehead atoms. The molecule has 0 unspecified atom stereocenters. The summed E-state index contributed by atoms with van der Waals surface area (Å²) in [4.78, 5) is 25.9. The van der Waals surface area contributed by atoms with E-state index >= 15 is 0 Å². The summed E-state index contributed by atoms with van der Waals surface area (Å²) in [7, 11) is 0. The van der Waals surface area contributed by atoms with Crippen LogP contribution in [0.25, 0.3) is 10.9 Å². The van der Waals surface area contributed by atoms with Crippen molar-refractivity contribution in [1.82, 2.24) is 4.57 Å². The number of nitrogens with zero attached hydrogens (tertiary/aromatic N) is 1. The molecular weight excluding hydrogens is 458 g/mol. The molecular formula is C24H21F4NO5. The molecule has 1 saturated carbocycles. The van der Waals surface area contributed by atoms with Gasteiger partial charge in [0, 0.05) is 22.7 Å². The largest absolute Gasteiger partial charge is 0.573 e. The summed E-state index contributed by atoms with van der Waals surface area (Å²) < 4.78 is 56.6. The second kappa shape index (κ2) is 8.03. The Kier molecular flexibility index (Phi) is 5.58. The van der Waals surface area contributed by atoms with Crippen LogP contribution in [0.2, 0.25) is 0 Å². The Morgan fingerprint density at radius 3 is 2.24 bits per heavy atom. The fraction of sp³-hybridized carbons (Fsp3) is 0.333. The van der Waals surface area contributed by atoms with Crippen molar-refractivity contribution in [2.75, 3.05) is 0 Å². The van der Waals surface area contributed by atoms with E-state index in [1.165, 1.54) is 6.92 Å². The van der Waals surface area contributed by atoms with Gasteiger partial charge in [-0.25, -0.2) is 4.39 Å². The van der Waals surface area contributed by atoms with Crippen molar-refractivity contribution >= 4 is 22.8 Å². The molecule has 180 valence electrons. The monoisotopic (exact) mass is 479 g/mol. The number of hydrogen-bond donors (Lipinski definition) is 2. The third-order valence-electron chi connectivity index (χ3n) is 6.70. The smallest absolute Gasteiger partial charge is 0.505 e. The van der Waals surface area contributed by atoms with Gasteiger partial charge in [-0.1, -0.05) is 6.42 Å². The predicted octanol–water partition coefficient (Wildman–Crippen LogP) is 5.52. The minimum Gasteiger partial charge on any atom is -0.505 e. The predicted molar refractivity (Wildman–Crippen MR) is 113 cm³/mol. The average molecular weight is 479 g/mol. The summed E-state index contributed by atoms with van der Waals surface area (Å²) in [6.45, 7) is 3.09. The molecule has 0 saturated heterocycles. The zero-order valence-corrected chi connectivity index (χ0v) is 18.2. The van der Waals surface area contributed by atoms with Crippen LogP contribution in [0.15, 0.2) is 36.4 Å².